The summed E-state index contributed by atoms with van der Waals surface area (Å²) >= 11 is 3.74. The van der Waals surface area contributed by atoms with Gasteiger partial charge in [-0.25, -0.2) is 0 Å². The van der Waals surface area contributed by atoms with Crippen LogP contribution in [0, 0.1) is 0 Å². The Kier molecular flexibility index (Phi) is 4.13. The second-order valence-electron chi connectivity index (χ2n) is 5.86. The lowest BCUT2D eigenvalue weighted by atomic mass is 10.2. The van der Waals surface area contributed by atoms with E-state index in [1.807, 2.05) is 0 Å². The first-order valence-electron chi connectivity index (χ1n) is 7.56. The molecule has 3 heteroatoms. The number of nitrogens with zero attached hydrogens (tertiary/aromatic N) is 1. The molecule has 1 aromatic rings. The number of nitrogens with one attached hydrogen (secondary N) is 1. The summed E-state index contributed by atoms with van der Waals surface area (Å²) in [4.78, 5) is 2.57. The van der Waals surface area contributed by atoms with Crippen molar-refractivity contribution in [2.45, 2.75) is 57.7 Å². The summed E-state index contributed by atoms with van der Waals surface area (Å²) in [5.74, 6) is 0. The van der Waals surface area contributed by atoms with Gasteiger partial charge in [-0.2, -0.15) is 0 Å². The van der Waals surface area contributed by atoms with Crippen molar-refractivity contribution in [1.82, 2.24) is 5.32 Å². The Morgan fingerprint density at radius 3 is 2.63 bits per heavy atom. The first-order valence-corrected chi connectivity index (χ1v) is 8.35. The molecule has 0 spiro atoms. The van der Waals surface area contributed by atoms with E-state index in [1.54, 1.807) is 0 Å². The van der Waals surface area contributed by atoms with Gasteiger partial charge in [0.1, 0.15) is 0 Å². The van der Waals surface area contributed by atoms with E-state index in [0.717, 1.165) is 18.6 Å². The van der Waals surface area contributed by atoms with Crippen LogP contribution >= 0.6 is 15.9 Å². The molecule has 3 rings (SSSR count). The number of rotatable bonds is 7. The van der Waals surface area contributed by atoms with Crippen molar-refractivity contribution in [3.05, 3.63) is 28.2 Å². The first kappa shape index (κ1) is 13.4. The molecule has 104 valence electrons. The Morgan fingerprint density at radius 1 is 1.26 bits per heavy atom. The summed E-state index contributed by atoms with van der Waals surface area (Å²) in [5, 5.41) is 3.58. The molecule has 0 heterocycles. The van der Waals surface area contributed by atoms with Crippen LogP contribution in [0.15, 0.2) is 22.7 Å². The Bertz CT molecular complexity index is 438. The van der Waals surface area contributed by atoms with Crippen molar-refractivity contribution in [2.24, 2.45) is 0 Å². The number of anilines is 1. The van der Waals surface area contributed by atoms with E-state index in [9.17, 15) is 0 Å². The molecule has 2 aliphatic rings. The smallest absolute Gasteiger partial charge is 0.0380 e. The standard InChI is InChI=1S/C16H23BrN2/c1-2-9-19(14-7-8-14)15-6-3-12(16(17)10-15)11-18-13-4-5-13/h3,6,10,13-14,18H,2,4-5,7-9,11H2,1H3. The van der Waals surface area contributed by atoms with Crippen LogP contribution in [0.5, 0.6) is 0 Å². The van der Waals surface area contributed by atoms with Crippen LogP contribution in [0.25, 0.3) is 0 Å². The van der Waals surface area contributed by atoms with Gasteiger partial charge < -0.3 is 10.2 Å². The highest BCUT2D eigenvalue weighted by Crippen LogP contribution is 2.34. The predicted molar refractivity (Wildman–Crippen MR) is 84.7 cm³/mol. The first-order chi connectivity index (χ1) is 9.28. The van der Waals surface area contributed by atoms with Gasteiger partial charge in [0.15, 0.2) is 0 Å². The quantitative estimate of drug-likeness (QED) is 0.813. The normalized spacial score (nSPS) is 18.6. The Labute approximate surface area is 124 Å². The molecule has 0 amide bonds. The summed E-state index contributed by atoms with van der Waals surface area (Å²) in [6.45, 7) is 4.43. The molecule has 0 bridgehead atoms. The third-order valence-corrected chi connectivity index (χ3v) is 4.72. The lowest BCUT2D eigenvalue weighted by Gasteiger charge is -2.25. The molecule has 0 atom stereocenters. The molecule has 2 saturated carbocycles. The van der Waals surface area contributed by atoms with Gasteiger partial charge >= 0.3 is 0 Å². The predicted octanol–water partition coefficient (Wildman–Crippen LogP) is 4.08. The number of halogens is 1. The summed E-state index contributed by atoms with van der Waals surface area (Å²) < 4.78 is 1.25. The summed E-state index contributed by atoms with van der Waals surface area (Å²) in [6, 6.07) is 8.44. The van der Waals surface area contributed by atoms with Crippen molar-refractivity contribution >= 4 is 21.6 Å². The zero-order chi connectivity index (χ0) is 13.2. The molecule has 0 radical (unpaired) electrons. The van der Waals surface area contributed by atoms with Crippen molar-refractivity contribution in [3.63, 3.8) is 0 Å². The van der Waals surface area contributed by atoms with E-state index in [2.05, 4.69) is 51.3 Å². The number of hydrogen-bond acceptors (Lipinski definition) is 2. The minimum atomic E-state index is 0.773. The van der Waals surface area contributed by atoms with E-state index in [0.29, 0.717) is 0 Å². The zero-order valence-electron chi connectivity index (χ0n) is 11.7. The van der Waals surface area contributed by atoms with Crippen LogP contribution in [-0.2, 0) is 6.54 Å². The van der Waals surface area contributed by atoms with Crippen molar-refractivity contribution in [3.8, 4) is 0 Å². The molecular formula is C16H23BrN2. The second-order valence-corrected chi connectivity index (χ2v) is 6.71. The van der Waals surface area contributed by atoms with Gasteiger partial charge in [-0.15, -0.1) is 0 Å². The largest absolute Gasteiger partial charge is 0.369 e. The molecule has 0 saturated heterocycles. The third-order valence-electron chi connectivity index (χ3n) is 3.98. The van der Waals surface area contributed by atoms with E-state index in [1.165, 1.54) is 54.4 Å². The maximum absolute atomic E-state index is 3.74. The van der Waals surface area contributed by atoms with E-state index >= 15 is 0 Å². The third kappa shape index (κ3) is 3.51. The SMILES string of the molecule is CCCN(c1ccc(CNC2CC2)c(Br)c1)C1CC1. The number of hydrogen-bond donors (Lipinski definition) is 1. The highest BCUT2D eigenvalue weighted by atomic mass is 79.9. The fourth-order valence-corrected chi connectivity index (χ4v) is 3.06. The molecule has 2 aliphatic carbocycles. The molecule has 0 aliphatic heterocycles. The van der Waals surface area contributed by atoms with Gasteiger partial charge in [-0.1, -0.05) is 28.9 Å². The van der Waals surface area contributed by atoms with Crippen LogP contribution < -0.4 is 10.2 Å². The minimum absolute atomic E-state index is 0.773. The molecule has 19 heavy (non-hydrogen) atoms. The summed E-state index contributed by atoms with van der Waals surface area (Å²) in [7, 11) is 0. The molecule has 2 fully saturated rings. The molecule has 2 nitrogen and oxygen atoms in total. The van der Waals surface area contributed by atoms with Crippen LogP contribution in [0.2, 0.25) is 0 Å². The lowest BCUT2D eigenvalue weighted by Crippen LogP contribution is -2.26. The Balaban J connectivity index is 1.69. The summed E-state index contributed by atoms with van der Waals surface area (Å²) in [5.41, 5.74) is 2.76. The number of benzene rings is 1. The van der Waals surface area contributed by atoms with E-state index < -0.39 is 0 Å². The average Bonchev–Trinajstić information content (AvgIpc) is 3.28. The van der Waals surface area contributed by atoms with Crippen LogP contribution in [0.1, 0.15) is 44.6 Å². The highest BCUT2D eigenvalue weighted by Gasteiger charge is 2.28. The average molecular weight is 323 g/mol. The fraction of sp³-hybridized carbons (Fsp3) is 0.625. The molecular weight excluding hydrogens is 300 g/mol. The molecule has 1 aromatic carbocycles. The van der Waals surface area contributed by atoms with Crippen molar-refractivity contribution in [2.75, 3.05) is 11.4 Å². The van der Waals surface area contributed by atoms with Crippen LogP contribution in [-0.4, -0.2) is 18.6 Å². The molecule has 1 N–H and O–H groups in total. The van der Waals surface area contributed by atoms with Gasteiger partial charge in [-0.3, -0.25) is 0 Å². The van der Waals surface area contributed by atoms with Gasteiger partial charge in [0.25, 0.3) is 0 Å². The second kappa shape index (κ2) is 5.84. The van der Waals surface area contributed by atoms with Crippen LogP contribution in [0.3, 0.4) is 0 Å². The maximum Gasteiger partial charge on any atom is 0.0380 e. The zero-order valence-corrected chi connectivity index (χ0v) is 13.2. The molecule has 0 aromatic heterocycles. The van der Waals surface area contributed by atoms with E-state index in [-0.39, 0.29) is 0 Å². The lowest BCUT2D eigenvalue weighted by molar-refractivity contribution is 0.685. The van der Waals surface area contributed by atoms with Crippen LogP contribution in [0.4, 0.5) is 5.69 Å². The minimum Gasteiger partial charge on any atom is -0.369 e. The van der Waals surface area contributed by atoms with E-state index in [4.69, 9.17) is 0 Å². The van der Waals surface area contributed by atoms with Gasteiger partial charge in [0.2, 0.25) is 0 Å². The Hall–Kier alpha value is -0.540. The maximum atomic E-state index is 3.74. The van der Waals surface area contributed by atoms with Crippen molar-refractivity contribution < 1.29 is 0 Å². The van der Waals surface area contributed by atoms with Gasteiger partial charge in [0.05, 0.1) is 0 Å². The highest BCUT2D eigenvalue weighted by molar-refractivity contribution is 9.10. The monoisotopic (exact) mass is 322 g/mol. The summed E-state index contributed by atoms with van der Waals surface area (Å²) in [6.07, 6.45) is 6.65. The topological polar surface area (TPSA) is 15.3 Å². The Morgan fingerprint density at radius 2 is 2.05 bits per heavy atom. The molecule has 0 unspecified atom stereocenters. The fourth-order valence-electron chi connectivity index (χ4n) is 2.55. The van der Waals surface area contributed by atoms with Gasteiger partial charge in [-0.05, 0) is 49.8 Å². The van der Waals surface area contributed by atoms with Crippen molar-refractivity contribution in [1.29, 1.82) is 0 Å². The van der Waals surface area contributed by atoms with Gasteiger partial charge in [0, 0.05) is 35.3 Å².